The van der Waals surface area contributed by atoms with E-state index in [-0.39, 0.29) is 17.8 Å². The van der Waals surface area contributed by atoms with Crippen LogP contribution in [0.3, 0.4) is 0 Å². The molecule has 1 fully saturated rings. The number of H-pyrrole nitrogens is 1. The van der Waals surface area contributed by atoms with Crippen molar-refractivity contribution in [2.24, 2.45) is 0 Å². The number of aromatic nitrogens is 2. The summed E-state index contributed by atoms with van der Waals surface area (Å²) >= 11 is 5.41. The molecule has 6 heteroatoms. The average Bonchev–Trinajstić information content (AvgIpc) is 2.66. The molecule has 1 saturated heterocycles. The van der Waals surface area contributed by atoms with Crippen molar-refractivity contribution < 1.29 is 4.74 Å². The summed E-state index contributed by atoms with van der Waals surface area (Å²) in [5.74, 6) is 0. The van der Waals surface area contributed by atoms with Gasteiger partial charge in [0, 0.05) is 19.6 Å². The molecule has 0 unspecified atom stereocenters. The number of benzene rings is 2. The van der Waals surface area contributed by atoms with E-state index in [2.05, 4.69) is 48.0 Å². The third-order valence-electron chi connectivity index (χ3n) is 5.15. The molecular weight excluding hydrogens is 370 g/mol. The van der Waals surface area contributed by atoms with Crippen molar-refractivity contribution in [3.8, 4) is 0 Å². The highest BCUT2D eigenvalue weighted by molar-refractivity contribution is 7.71. The lowest BCUT2D eigenvalue weighted by Gasteiger charge is -2.35. The van der Waals surface area contributed by atoms with Crippen LogP contribution in [0.25, 0.3) is 10.9 Å². The number of fused-ring (bicyclic) bond motifs is 1. The van der Waals surface area contributed by atoms with Crippen molar-refractivity contribution in [2.45, 2.75) is 39.1 Å². The van der Waals surface area contributed by atoms with Crippen molar-refractivity contribution in [3.05, 3.63) is 74.8 Å². The molecule has 0 radical (unpaired) electrons. The zero-order valence-corrected chi connectivity index (χ0v) is 17.0. The minimum atomic E-state index is -0.0558. The van der Waals surface area contributed by atoms with Crippen LogP contribution in [-0.4, -0.2) is 39.7 Å². The lowest BCUT2D eigenvalue weighted by atomic mass is 10.1. The van der Waals surface area contributed by atoms with E-state index in [0.29, 0.717) is 16.7 Å². The molecule has 28 heavy (non-hydrogen) atoms. The van der Waals surface area contributed by atoms with Gasteiger partial charge in [0.05, 0.1) is 29.7 Å². The normalized spacial score (nSPS) is 20.5. The Morgan fingerprint density at radius 2 is 1.61 bits per heavy atom. The predicted octanol–water partition coefficient (Wildman–Crippen LogP) is 3.72. The molecule has 146 valence electrons. The first kappa shape index (κ1) is 19.1. The minimum absolute atomic E-state index is 0.0558. The largest absolute Gasteiger partial charge is 0.373 e. The van der Waals surface area contributed by atoms with Gasteiger partial charge in [0.25, 0.3) is 5.56 Å². The van der Waals surface area contributed by atoms with Crippen LogP contribution >= 0.6 is 12.2 Å². The lowest BCUT2D eigenvalue weighted by Crippen LogP contribution is -2.44. The third kappa shape index (κ3) is 4.09. The minimum Gasteiger partial charge on any atom is -0.373 e. The van der Waals surface area contributed by atoms with Gasteiger partial charge in [-0.1, -0.05) is 36.4 Å². The number of para-hydroxylation sites is 1. The molecule has 0 amide bonds. The Hall–Kier alpha value is -2.28. The molecule has 0 saturated carbocycles. The van der Waals surface area contributed by atoms with Gasteiger partial charge in [-0.25, -0.2) is 0 Å². The van der Waals surface area contributed by atoms with Crippen LogP contribution in [0.15, 0.2) is 53.3 Å². The van der Waals surface area contributed by atoms with Gasteiger partial charge in [-0.15, -0.1) is 0 Å². The fraction of sp³-hybridized carbons (Fsp3) is 0.364. The molecule has 0 spiro atoms. The third-order valence-corrected chi connectivity index (χ3v) is 5.48. The second kappa shape index (κ2) is 7.99. The molecule has 1 aromatic heterocycles. The number of hydrogen-bond acceptors (Lipinski definition) is 4. The number of aromatic amines is 1. The molecule has 2 heterocycles. The Bertz CT molecular complexity index is 1080. The van der Waals surface area contributed by atoms with Gasteiger partial charge < -0.3 is 9.72 Å². The van der Waals surface area contributed by atoms with Gasteiger partial charge in [-0.3, -0.25) is 14.3 Å². The summed E-state index contributed by atoms with van der Waals surface area (Å²) < 4.78 is 7.88. The first-order valence-electron chi connectivity index (χ1n) is 9.67. The molecule has 4 rings (SSSR count). The van der Waals surface area contributed by atoms with E-state index in [0.717, 1.165) is 30.7 Å². The summed E-state index contributed by atoms with van der Waals surface area (Å²) in [5, 5.41) is 0.656. The van der Waals surface area contributed by atoms with Gasteiger partial charge in [0.1, 0.15) is 0 Å². The summed E-state index contributed by atoms with van der Waals surface area (Å²) in [7, 11) is 0. The van der Waals surface area contributed by atoms with Gasteiger partial charge >= 0.3 is 0 Å². The molecule has 1 aliphatic rings. The molecule has 2 aromatic carbocycles. The Balaban J connectivity index is 1.52. The zero-order chi connectivity index (χ0) is 19.7. The van der Waals surface area contributed by atoms with Crippen LogP contribution in [0.4, 0.5) is 0 Å². The maximum absolute atomic E-state index is 12.8. The van der Waals surface area contributed by atoms with Gasteiger partial charge in [0.15, 0.2) is 4.77 Å². The fourth-order valence-corrected chi connectivity index (χ4v) is 4.20. The van der Waals surface area contributed by atoms with Crippen molar-refractivity contribution in [1.82, 2.24) is 14.5 Å². The van der Waals surface area contributed by atoms with E-state index < -0.39 is 0 Å². The predicted molar refractivity (Wildman–Crippen MR) is 114 cm³/mol. The molecule has 5 nitrogen and oxygen atoms in total. The highest BCUT2D eigenvalue weighted by Crippen LogP contribution is 2.15. The van der Waals surface area contributed by atoms with E-state index in [1.54, 1.807) is 4.57 Å². The first-order chi connectivity index (χ1) is 13.5. The standard InChI is InChI=1S/C22H25N3O2S/c1-15-11-24(12-16(2)27-15)13-17-7-9-18(10-8-17)14-25-21(26)19-5-3-4-6-20(19)23-22(25)28/h3-10,15-16H,11-14H2,1-2H3,(H,23,28)/t15-,16-/m1/s1. The van der Waals surface area contributed by atoms with Crippen LogP contribution in [0, 0.1) is 4.77 Å². The summed E-state index contributed by atoms with van der Waals surface area (Å²) in [6, 6.07) is 15.9. The number of nitrogens with one attached hydrogen (secondary N) is 1. The molecule has 1 aliphatic heterocycles. The maximum atomic E-state index is 12.8. The van der Waals surface area contributed by atoms with Gasteiger partial charge in [-0.05, 0) is 49.3 Å². The van der Waals surface area contributed by atoms with E-state index in [1.165, 1.54) is 5.56 Å². The molecule has 2 atom stereocenters. The number of morpholine rings is 1. The van der Waals surface area contributed by atoms with Crippen LogP contribution in [0.5, 0.6) is 0 Å². The van der Waals surface area contributed by atoms with Gasteiger partial charge in [-0.2, -0.15) is 0 Å². The summed E-state index contributed by atoms with van der Waals surface area (Å²) in [5.41, 5.74) is 3.04. The highest BCUT2D eigenvalue weighted by atomic mass is 32.1. The van der Waals surface area contributed by atoms with Crippen molar-refractivity contribution >= 4 is 23.1 Å². The van der Waals surface area contributed by atoms with E-state index in [4.69, 9.17) is 17.0 Å². The van der Waals surface area contributed by atoms with Crippen molar-refractivity contribution in [3.63, 3.8) is 0 Å². The molecule has 0 bridgehead atoms. The molecular formula is C22H25N3O2S. The first-order valence-corrected chi connectivity index (χ1v) is 10.1. The van der Waals surface area contributed by atoms with E-state index in [1.807, 2.05) is 24.3 Å². The Kier molecular flexibility index (Phi) is 5.44. The summed E-state index contributed by atoms with van der Waals surface area (Å²) in [6.07, 6.45) is 0.536. The van der Waals surface area contributed by atoms with Crippen molar-refractivity contribution in [1.29, 1.82) is 0 Å². The second-order valence-corrected chi connectivity index (χ2v) is 8.02. The monoisotopic (exact) mass is 395 g/mol. The number of hydrogen-bond donors (Lipinski definition) is 1. The average molecular weight is 396 g/mol. The lowest BCUT2D eigenvalue weighted by molar-refractivity contribution is -0.0704. The van der Waals surface area contributed by atoms with Crippen molar-refractivity contribution in [2.75, 3.05) is 13.1 Å². The van der Waals surface area contributed by atoms with Gasteiger partial charge in [0.2, 0.25) is 0 Å². The Morgan fingerprint density at radius 3 is 2.29 bits per heavy atom. The van der Waals surface area contributed by atoms with Crippen LogP contribution in [-0.2, 0) is 17.8 Å². The quantitative estimate of drug-likeness (QED) is 0.684. The summed E-state index contributed by atoms with van der Waals surface area (Å²) in [6.45, 7) is 7.52. The number of ether oxygens (including phenoxy) is 1. The van der Waals surface area contributed by atoms with E-state index >= 15 is 0 Å². The fourth-order valence-electron chi connectivity index (χ4n) is 3.95. The van der Waals surface area contributed by atoms with Crippen LogP contribution in [0.2, 0.25) is 0 Å². The summed E-state index contributed by atoms with van der Waals surface area (Å²) in [4.78, 5) is 18.4. The number of rotatable bonds is 4. The SMILES string of the molecule is C[C@@H]1CN(Cc2ccc(Cn3c(=S)[nH]c4ccccc4c3=O)cc2)C[C@@H](C)O1. The Morgan fingerprint density at radius 1 is 1.00 bits per heavy atom. The number of nitrogens with zero attached hydrogens (tertiary/aromatic N) is 2. The smallest absolute Gasteiger partial charge is 0.262 e. The molecule has 3 aromatic rings. The maximum Gasteiger partial charge on any atom is 0.262 e. The topological polar surface area (TPSA) is 50.3 Å². The highest BCUT2D eigenvalue weighted by Gasteiger charge is 2.21. The van der Waals surface area contributed by atoms with Crippen LogP contribution in [0.1, 0.15) is 25.0 Å². The Labute approximate surface area is 169 Å². The zero-order valence-electron chi connectivity index (χ0n) is 16.2. The molecule has 0 aliphatic carbocycles. The molecule has 1 N–H and O–H groups in total. The van der Waals surface area contributed by atoms with E-state index in [9.17, 15) is 4.79 Å². The van der Waals surface area contributed by atoms with Crippen LogP contribution < -0.4 is 5.56 Å². The second-order valence-electron chi connectivity index (χ2n) is 7.63.